The van der Waals surface area contributed by atoms with E-state index in [1.54, 1.807) is 13.1 Å². The Morgan fingerprint density at radius 1 is 1.21 bits per heavy atom. The molecule has 0 bridgehead atoms. The highest BCUT2D eigenvalue weighted by molar-refractivity contribution is 14.0. The fourth-order valence-electron chi connectivity index (χ4n) is 3.52. The van der Waals surface area contributed by atoms with Gasteiger partial charge in [-0.2, -0.15) is 13.2 Å². The molecule has 5 nitrogen and oxygen atoms in total. The first kappa shape index (κ1) is 23.8. The largest absolute Gasteiger partial charge is 0.416 e. The fraction of sp³-hybridized carbons (Fsp3) is 0.550. The monoisotopic (exact) mass is 524 g/mol. The summed E-state index contributed by atoms with van der Waals surface area (Å²) < 4.78 is 44.1. The second kappa shape index (κ2) is 11.1. The van der Waals surface area contributed by atoms with Gasteiger partial charge in [0.1, 0.15) is 0 Å². The van der Waals surface area contributed by atoms with Gasteiger partial charge in [-0.15, -0.1) is 24.0 Å². The first-order valence-corrected chi connectivity index (χ1v) is 9.61. The van der Waals surface area contributed by atoms with Gasteiger partial charge in [0.25, 0.3) is 0 Å². The Balaban J connectivity index is 0.00000300. The van der Waals surface area contributed by atoms with Gasteiger partial charge in [0.2, 0.25) is 0 Å². The molecule has 1 saturated heterocycles. The highest BCUT2D eigenvalue weighted by Crippen LogP contribution is 2.31. The Bertz CT molecular complexity index is 716. The SMILES string of the molecule is CN=C(NCCC1=CCOCC1)N1CCN(c2cccc(C(F)(F)F)c2)CC1.I. The van der Waals surface area contributed by atoms with Crippen LogP contribution in [0.3, 0.4) is 0 Å². The highest BCUT2D eigenvalue weighted by atomic mass is 127. The van der Waals surface area contributed by atoms with Crippen molar-refractivity contribution < 1.29 is 17.9 Å². The van der Waals surface area contributed by atoms with Gasteiger partial charge in [-0.3, -0.25) is 4.99 Å². The lowest BCUT2D eigenvalue weighted by atomic mass is 10.1. The average Bonchev–Trinajstić information content (AvgIpc) is 2.72. The average molecular weight is 524 g/mol. The zero-order valence-corrected chi connectivity index (χ0v) is 18.9. The molecular formula is C20H28F3IN4O. The van der Waals surface area contributed by atoms with Crippen molar-refractivity contribution >= 4 is 35.6 Å². The van der Waals surface area contributed by atoms with E-state index in [0.717, 1.165) is 38.0 Å². The fourth-order valence-corrected chi connectivity index (χ4v) is 3.52. The Hall–Kier alpha value is -1.49. The standard InChI is InChI=1S/C20H27F3N4O.HI/c1-24-19(25-8-5-16-6-13-28-14-7-16)27-11-9-26(10-12-27)18-4-2-3-17(15-18)20(21,22)23;/h2-4,6,15H,5,7-14H2,1H3,(H,24,25);1H. The summed E-state index contributed by atoms with van der Waals surface area (Å²) in [4.78, 5) is 8.51. The Kier molecular flexibility index (Phi) is 9.06. The predicted octanol–water partition coefficient (Wildman–Crippen LogP) is 3.76. The number of nitrogens with zero attached hydrogens (tertiary/aromatic N) is 3. The Labute approximate surface area is 187 Å². The second-order valence-electron chi connectivity index (χ2n) is 6.93. The maximum Gasteiger partial charge on any atom is 0.416 e. The molecule has 29 heavy (non-hydrogen) atoms. The van der Waals surface area contributed by atoms with Crippen LogP contribution in [0, 0.1) is 0 Å². The number of ether oxygens (including phenoxy) is 1. The van der Waals surface area contributed by atoms with E-state index in [9.17, 15) is 13.2 Å². The summed E-state index contributed by atoms with van der Waals surface area (Å²) in [5.41, 5.74) is 1.42. The van der Waals surface area contributed by atoms with Crippen LogP contribution in [0.15, 0.2) is 40.9 Å². The molecule has 2 aliphatic heterocycles. The molecule has 0 aliphatic carbocycles. The number of benzene rings is 1. The third-order valence-electron chi connectivity index (χ3n) is 5.12. The molecule has 0 unspecified atom stereocenters. The molecule has 0 amide bonds. The summed E-state index contributed by atoms with van der Waals surface area (Å²) in [6, 6.07) is 5.54. The van der Waals surface area contributed by atoms with Gasteiger partial charge in [-0.05, 0) is 31.0 Å². The molecule has 0 atom stereocenters. The van der Waals surface area contributed by atoms with E-state index < -0.39 is 11.7 Å². The summed E-state index contributed by atoms with van der Waals surface area (Å²) in [7, 11) is 1.76. The van der Waals surface area contributed by atoms with Gasteiger partial charge in [0.15, 0.2) is 5.96 Å². The number of hydrogen-bond donors (Lipinski definition) is 1. The van der Waals surface area contributed by atoms with E-state index in [4.69, 9.17) is 4.74 Å². The lowest BCUT2D eigenvalue weighted by Crippen LogP contribution is -2.52. The molecule has 3 rings (SSSR count). The van der Waals surface area contributed by atoms with Crippen molar-refractivity contribution in [2.45, 2.75) is 19.0 Å². The van der Waals surface area contributed by atoms with Crippen LogP contribution < -0.4 is 10.2 Å². The Morgan fingerprint density at radius 2 is 1.97 bits per heavy atom. The summed E-state index contributed by atoms with van der Waals surface area (Å²) in [5.74, 6) is 0.844. The Morgan fingerprint density at radius 3 is 2.59 bits per heavy atom. The van der Waals surface area contributed by atoms with Gasteiger partial charge < -0.3 is 19.9 Å². The molecule has 2 heterocycles. The van der Waals surface area contributed by atoms with Crippen molar-refractivity contribution in [2.75, 3.05) is 57.9 Å². The van der Waals surface area contributed by atoms with Crippen LogP contribution in [0.4, 0.5) is 18.9 Å². The predicted molar refractivity (Wildman–Crippen MR) is 120 cm³/mol. The van der Waals surface area contributed by atoms with E-state index >= 15 is 0 Å². The van der Waals surface area contributed by atoms with Crippen LogP contribution >= 0.6 is 24.0 Å². The van der Waals surface area contributed by atoms with Gasteiger partial charge >= 0.3 is 6.18 Å². The third kappa shape index (κ3) is 6.77. The number of anilines is 1. The minimum Gasteiger partial charge on any atom is -0.377 e. The third-order valence-corrected chi connectivity index (χ3v) is 5.12. The molecule has 1 N–H and O–H groups in total. The van der Waals surface area contributed by atoms with E-state index in [1.807, 2.05) is 4.90 Å². The zero-order chi connectivity index (χ0) is 20.0. The maximum absolute atomic E-state index is 12.9. The minimum atomic E-state index is -4.32. The van der Waals surface area contributed by atoms with Crippen molar-refractivity contribution in [3.63, 3.8) is 0 Å². The lowest BCUT2D eigenvalue weighted by Gasteiger charge is -2.38. The zero-order valence-electron chi connectivity index (χ0n) is 16.5. The highest BCUT2D eigenvalue weighted by Gasteiger charge is 2.31. The van der Waals surface area contributed by atoms with Crippen LogP contribution in [0.5, 0.6) is 0 Å². The normalized spacial score (nSPS) is 18.2. The maximum atomic E-state index is 12.9. The summed E-state index contributed by atoms with van der Waals surface area (Å²) >= 11 is 0. The molecule has 1 aromatic rings. The van der Waals surface area contributed by atoms with Gasteiger partial charge in [-0.1, -0.05) is 17.7 Å². The molecule has 1 aromatic carbocycles. The molecule has 0 saturated carbocycles. The molecule has 0 spiro atoms. The van der Waals surface area contributed by atoms with Crippen LogP contribution in [-0.2, 0) is 10.9 Å². The first-order valence-electron chi connectivity index (χ1n) is 9.61. The van der Waals surface area contributed by atoms with Crippen molar-refractivity contribution in [1.82, 2.24) is 10.2 Å². The summed E-state index contributed by atoms with van der Waals surface area (Å²) in [5, 5.41) is 3.40. The van der Waals surface area contributed by atoms with Gasteiger partial charge in [0, 0.05) is 45.5 Å². The number of nitrogens with one attached hydrogen (secondary N) is 1. The molecule has 0 radical (unpaired) electrons. The molecule has 1 fully saturated rings. The topological polar surface area (TPSA) is 40.1 Å². The molecular weight excluding hydrogens is 496 g/mol. The van der Waals surface area contributed by atoms with Crippen molar-refractivity contribution in [3.8, 4) is 0 Å². The quantitative estimate of drug-likeness (QED) is 0.282. The number of aliphatic imine (C=N–C) groups is 1. The number of alkyl halides is 3. The number of rotatable bonds is 4. The summed E-state index contributed by atoms with van der Waals surface area (Å²) in [6.45, 7) is 5.04. The molecule has 2 aliphatic rings. The number of hydrogen-bond acceptors (Lipinski definition) is 3. The van der Waals surface area contributed by atoms with Crippen LogP contribution in [0.2, 0.25) is 0 Å². The first-order chi connectivity index (χ1) is 13.5. The number of halogens is 4. The van der Waals surface area contributed by atoms with E-state index in [1.165, 1.54) is 17.7 Å². The smallest absolute Gasteiger partial charge is 0.377 e. The van der Waals surface area contributed by atoms with Gasteiger partial charge in [-0.25, -0.2) is 0 Å². The van der Waals surface area contributed by atoms with Crippen LogP contribution in [-0.4, -0.2) is 63.8 Å². The van der Waals surface area contributed by atoms with E-state index in [2.05, 4.69) is 21.3 Å². The minimum absolute atomic E-state index is 0. The number of guanidine groups is 1. The second-order valence-corrected chi connectivity index (χ2v) is 6.93. The molecule has 162 valence electrons. The van der Waals surface area contributed by atoms with Crippen molar-refractivity contribution in [2.24, 2.45) is 4.99 Å². The number of piperazine rings is 1. The summed E-state index contributed by atoms with van der Waals surface area (Å²) in [6.07, 6.45) is -0.228. The van der Waals surface area contributed by atoms with Crippen LogP contribution in [0.1, 0.15) is 18.4 Å². The van der Waals surface area contributed by atoms with E-state index in [0.29, 0.717) is 38.5 Å². The van der Waals surface area contributed by atoms with Crippen molar-refractivity contribution in [1.29, 1.82) is 0 Å². The lowest BCUT2D eigenvalue weighted by molar-refractivity contribution is -0.137. The van der Waals surface area contributed by atoms with Crippen molar-refractivity contribution in [3.05, 3.63) is 41.5 Å². The van der Waals surface area contributed by atoms with Gasteiger partial charge in [0.05, 0.1) is 18.8 Å². The van der Waals surface area contributed by atoms with Crippen LogP contribution in [0.25, 0.3) is 0 Å². The molecule has 9 heteroatoms. The van der Waals surface area contributed by atoms with E-state index in [-0.39, 0.29) is 24.0 Å². The molecule has 0 aromatic heterocycles.